The maximum atomic E-state index is 12.7. The zero-order valence-corrected chi connectivity index (χ0v) is 15.2. The maximum Gasteiger partial charge on any atom is 0.226 e. The smallest absolute Gasteiger partial charge is 0.226 e. The van der Waals surface area contributed by atoms with Gasteiger partial charge in [0, 0.05) is 43.5 Å². The van der Waals surface area contributed by atoms with Gasteiger partial charge in [0.2, 0.25) is 5.91 Å². The number of piperazine rings is 1. The summed E-state index contributed by atoms with van der Waals surface area (Å²) in [6.07, 6.45) is 3.32. The van der Waals surface area contributed by atoms with Crippen LogP contribution in [0.5, 0.6) is 0 Å². The van der Waals surface area contributed by atoms with Crippen LogP contribution in [0.25, 0.3) is 0 Å². The average molecular weight is 386 g/mol. The molecule has 2 N–H and O–H groups in total. The number of carbonyl (C=O) groups excluding carboxylic acids is 1. The van der Waals surface area contributed by atoms with Gasteiger partial charge in [0.05, 0.1) is 3.79 Å². The van der Waals surface area contributed by atoms with Crippen LogP contribution in [0.15, 0.2) is 15.9 Å². The molecule has 2 heterocycles. The monoisotopic (exact) mass is 385 g/mol. The maximum absolute atomic E-state index is 12.7. The molecule has 2 fully saturated rings. The zero-order chi connectivity index (χ0) is 15.5. The summed E-state index contributed by atoms with van der Waals surface area (Å²) in [5.74, 6) is 0.949. The molecule has 122 valence electrons. The molecule has 0 spiro atoms. The molecule has 2 aliphatic rings. The molecule has 0 radical (unpaired) electrons. The second kappa shape index (κ2) is 7.43. The van der Waals surface area contributed by atoms with Gasteiger partial charge in [-0.3, -0.25) is 9.69 Å². The third-order valence-electron chi connectivity index (χ3n) is 4.97. The van der Waals surface area contributed by atoms with Crippen molar-refractivity contribution < 1.29 is 4.79 Å². The van der Waals surface area contributed by atoms with Crippen molar-refractivity contribution in [1.29, 1.82) is 0 Å². The van der Waals surface area contributed by atoms with Gasteiger partial charge in [0.1, 0.15) is 0 Å². The highest BCUT2D eigenvalue weighted by Crippen LogP contribution is 2.32. The van der Waals surface area contributed by atoms with Crippen molar-refractivity contribution >= 4 is 33.2 Å². The van der Waals surface area contributed by atoms with E-state index in [4.69, 9.17) is 5.73 Å². The Kier molecular flexibility index (Phi) is 5.55. The van der Waals surface area contributed by atoms with Crippen LogP contribution in [0.1, 0.15) is 24.1 Å². The van der Waals surface area contributed by atoms with Crippen LogP contribution in [0.3, 0.4) is 0 Å². The second-order valence-electron chi connectivity index (χ2n) is 6.34. The van der Waals surface area contributed by atoms with Gasteiger partial charge in [0.25, 0.3) is 0 Å². The fourth-order valence-corrected chi connectivity index (χ4v) is 5.19. The van der Waals surface area contributed by atoms with Crippen LogP contribution >= 0.6 is 27.3 Å². The van der Waals surface area contributed by atoms with E-state index in [0.717, 1.165) is 52.0 Å². The third kappa shape index (κ3) is 3.72. The van der Waals surface area contributed by atoms with Gasteiger partial charge in [-0.25, -0.2) is 0 Å². The van der Waals surface area contributed by atoms with E-state index in [9.17, 15) is 4.79 Å². The molecule has 1 aliphatic carbocycles. The highest BCUT2D eigenvalue weighted by Gasteiger charge is 2.35. The molecule has 3 rings (SSSR count). The molecule has 1 aromatic rings. The van der Waals surface area contributed by atoms with Crippen molar-refractivity contribution in [3.63, 3.8) is 0 Å². The fraction of sp³-hybridized carbons (Fsp3) is 0.688. The van der Waals surface area contributed by atoms with Gasteiger partial charge in [-0.2, -0.15) is 0 Å². The minimum atomic E-state index is 0.185. The molecule has 4 nitrogen and oxygen atoms in total. The Morgan fingerprint density at radius 3 is 2.68 bits per heavy atom. The van der Waals surface area contributed by atoms with Crippen molar-refractivity contribution in [2.75, 3.05) is 32.7 Å². The van der Waals surface area contributed by atoms with Crippen molar-refractivity contribution in [2.45, 2.75) is 25.8 Å². The highest BCUT2D eigenvalue weighted by molar-refractivity contribution is 9.11. The van der Waals surface area contributed by atoms with Gasteiger partial charge in [-0.1, -0.05) is 6.42 Å². The first-order valence-electron chi connectivity index (χ1n) is 8.13. The predicted molar refractivity (Wildman–Crippen MR) is 93.8 cm³/mol. The topological polar surface area (TPSA) is 49.6 Å². The normalized spacial score (nSPS) is 26.5. The van der Waals surface area contributed by atoms with E-state index in [0.29, 0.717) is 18.4 Å². The molecule has 22 heavy (non-hydrogen) atoms. The zero-order valence-electron chi connectivity index (χ0n) is 12.8. The van der Waals surface area contributed by atoms with Crippen molar-refractivity contribution in [3.8, 4) is 0 Å². The third-order valence-corrected chi connectivity index (χ3v) is 6.58. The van der Waals surface area contributed by atoms with E-state index in [1.165, 1.54) is 8.66 Å². The lowest BCUT2D eigenvalue weighted by molar-refractivity contribution is -0.138. The van der Waals surface area contributed by atoms with E-state index in [-0.39, 0.29) is 5.92 Å². The first-order chi connectivity index (χ1) is 10.7. The van der Waals surface area contributed by atoms with Crippen molar-refractivity contribution in [1.82, 2.24) is 9.80 Å². The van der Waals surface area contributed by atoms with Gasteiger partial charge >= 0.3 is 0 Å². The van der Waals surface area contributed by atoms with Gasteiger partial charge < -0.3 is 10.6 Å². The van der Waals surface area contributed by atoms with E-state index in [1.54, 1.807) is 11.3 Å². The largest absolute Gasteiger partial charge is 0.340 e. The van der Waals surface area contributed by atoms with E-state index >= 15 is 0 Å². The van der Waals surface area contributed by atoms with Gasteiger partial charge in [-0.05, 0) is 53.4 Å². The lowest BCUT2D eigenvalue weighted by Gasteiger charge is -2.36. The molecule has 1 amide bonds. The Hall–Kier alpha value is -0.430. The van der Waals surface area contributed by atoms with E-state index in [1.807, 2.05) is 0 Å². The van der Waals surface area contributed by atoms with Crippen LogP contribution in [0.2, 0.25) is 0 Å². The van der Waals surface area contributed by atoms with E-state index in [2.05, 4.69) is 37.9 Å². The first-order valence-corrected chi connectivity index (χ1v) is 9.73. The Balaban J connectivity index is 1.50. The Labute approximate surface area is 144 Å². The second-order valence-corrected chi connectivity index (χ2v) is 8.89. The number of rotatable bonds is 4. The summed E-state index contributed by atoms with van der Waals surface area (Å²) >= 11 is 5.31. The summed E-state index contributed by atoms with van der Waals surface area (Å²) in [4.78, 5) is 18.6. The number of hydrogen-bond acceptors (Lipinski definition) is 4. The Morgan fingerprint density at radius 2 is 2.05 bits per heavy atom. The van der Waals surface area contributed by atoms with Gasteiger partial charge in [0.15, 0.2) is 0 Å². The molecule has 1 saturated carbocycles. The number of hydrogen-bond donors (Lipinski definition) is 1. The lowest BCUT2D eigenvalue weighted by atomic mass is 9.94. The number of carbonyl (C=O) groups is 1. The average Bonchev–Trinajstić information content (AvgIpc) is 3.16. The van der Waals surface area contributed by atoms with Gasteiger partial charge in [-0.15, -0.1) is 11.3 Å². The molecule has 0 unspecified atom stereocenters. The summed E-state index contributed by atoms with van der Waals surface area (Å²) in [5.41, 5.74) is 5.82. The lowest BCUT2D eigenvalue weighted by Crippen LogP contribution is -2.50. The standard InChI is InChI=1S/C16H24BrN3OS/c17-15-5-4-13(22-15)11-19-6-8-20(9-7-19)16(21)14-3-1-2-12(14)10-18/h4-5,12,14H,1-3,6-11,18H2/t12-,14-/m1/s1. The molecule has 1 aromatic heterocycles. The summed E-state index contributed by atoms with van der Waals surface area (Å²) < 4.78 is 1.19. The number of halogens is 1. The van der Waals surface area contributed by atoms with E-state index < -0.39 is 0 Å². The summed E-state index contributed by atoms with van der Waals surface area (Å²) in [6.45, 7) is 5.32. The van der Waals surface area contributed by atoms with Crippen molar-refractivity contribution in [3.05, 3.63) is 20.8 Å². The molecule has 0 aromatic carbocycles. The number of amides is 1. The number of thiophene rings is 1. The number of nitrogens with zero attached hydrogens (tertiary/aromatic N) is 2. The van der Waals surface area contributed by atoms with Crippen LogP contribution in [0.4, 0.5) is 0 Å². The molecular formula is C16H24BrN3OS. The van der Waals surface area contributed by atoms with Crippen LogP contribution in [-0.2, 0) is 11.3 Å². The summed E-state index contributed by atoms with van der Waals surface area (Å²) in [7, 11) is 0. The minimum Gasteiger partial charge on any atom is -0.340 e. The molecule has 2 atom stereocenters. The number of nitrogens with two attached hydrogens (primary N) is 1. The minimum absolute atomic E-state index is 0.185. The highest BCUT2D eigenvalue weighted by atomic mass is 79.9. The summed E-state index contributed by atoms with van der Waals surface area (Å²) in [6, 6.07) is 4.28. The Bertz CT molecular complexity index is 513. The molecule has 1 saturated heterocycles. The van der Waals surface area contributed by atoms with Crippen LogP contribution in [-0.4, -0.2) is 48.4 Å². The fourth-order valence-electron chi connectivity index (χ4n) is 3.66. The first kappa shape index (κ1) is 16.4. The van der Waals surface area contributed by atoms with Crippen LogP contribution < -0.4 is 5.73 Å². The Morgan fingerprint density at radius 1 is 1.27 bits per heavy atom. The SMILES string of the molecule is NC[C@H]1CCC[C@H]1C(=O)N1CCN(Cc2ccc(Br)s2)CC1. The van der Waals surface area contributed by atoms with Crippen molar-refractivity contribution in [2.24, 2.45) is 17.6 Å². The summed E-state index contributed by atoms with van der Waals surface area (Å²) in [5, 5.41) is 0. The molecule has 0 bridgehead atoms. The molecule has 6 heteroatoms. The molecule has 1 aliphatic heterocycles. The predicted octanol–water partition coefficient (Wildman–Crippen LogP) is 2.53. The molecular weight excluding hydrogens is 362 g/mol. The quantitative estimate of drug-likeness (QED) is 0.865. The van der Waals surface area contributed by atoms with Crippen LogP contribution in [0, 0.1) is 11.8 Å².